The van der Waals surface area contributed by atoms with Gasteiger partial charge in [-0.1, -0.05) is 124 Å². The number of carbonyl (C=O) groups excluding carboxylic acids is 1. The highest BCUT2D eigenvalue weighted by molar-refractivity contribution is 7.46. The summed E-state index contributed by atoms with van der Waals surface area (Å²) in [5.74, 6) is -0.784. The van der Waals surface area contributed by atoms with Crippen LogP contribution in [-0.4, -0.2) is 15.8 Å². The molecule has 31 heavy (non-hydrogen) atoms. The Morgan fingerprint density at radius 2 is 1.03 bits per heavy atom. The third-order valence-corrected chi connectivity index (χ3v) is 7.24. The summed E-state index contributed by atoms with van der Waals surface area (Å²) >= 11 is 0. The fourth-order valence-corrected chi connectivity index (χ4v) is 4.79. The van der Waals surface area contributed by atoms with Crippen molar-refractivity contribution in [1.29, 1.82) is 0 Å². The number of phosphoric acid groups is 1. The van der Waals surface area contributed by atoms with E-state index in [4.69, 9.17) is 9.79 Å². The van der Waals surface area contributed by atoms with Gasteiger partial charge in [-0.15, -0.1) is 0 Å². The fourth-order valence-electron chi connectivity index (χ4n) is 4.46. The quantitative estimate of drug-likeness (QED) is 0.124. The Labute approximate surface area is 192 Å². The molecule has 0 fully saturated rings. The first-order valence-electron chi connectivity index (χ1n) is 13.1. The highest BCUT2D eigenvalue weighted by Crippen LogP contribution is 2.41. The van der Waals surface area contributed by atoms with Crippen molar-refractivity contribution in [3.05, 3.63) is 0 Å². The Morgan fingerprint density at radius 1 is 0.677 bits per heavy atom. The molecule has 0 rings (SSSR count). The van der Waals surface area contributed by atoms with Crippen LogP contribution in [0.5, 0.6) is 0 Å². The SMILES string of the molecule is CCCCCCCCCCCCCCCCCCC(CC)(CC)CC(=O)OP(=O)(O)O. The van der Waals surface area contributed by atoms with Crippen LogP contribution in [-0.2, 0) is 13.9 Å². The van der Waals surface area contributed by atoms with Crippen LogP contribution in [0.3, 0.4) is 0 Å². The number of hydrogen-bond acceptors (Lipinski definition) is 3. The molecule has 0 atom stereocenters. The van der Waals surface area contributed by atoms with E-state index < -0.39 is 13.8 Å². The molecule has 0 bridgehead atoms. The second-order valence-corrected chi connectivity index (χ2v) is 10.6. The number of rotatable bonds is 22. The molecule has 0 aromatic carbocycles. The number of unbranched alkanes of at least 4 members (excludes halogenated alkanes) is 15. The molecule has 5 nitrogen and oxygen atoms in total. The highest BCUT2D eigenvalue weighted by Gasteiger charge is 2.32. The fraction of sp³-hybridized carbons (Fsp3) is 0.960. The van der Waals surface area contributed by atoms with Crippen molar-refractivity contribution >= 4 is 13.8 Å². The maximum Gasteiger partial charge on any atom is 0.526 e. The van der Waals surface area contributed by atoms with Crippen molar-refractivity contribution in [2.45, 2.75) is 149 Å². The van der Waals surface area contributed by atoms with E-state index in [0.717, 1.165) is 32.1 Å². The zero-order valence-electron chi connectivity index (χ0n) is 20.7. The zero-order valence-corrected chi connectivity index (χ0v) is 21.6. The standard InChI is InChI=1S/C25H51O5P/c1-4-7-8-9-10-11-12-13-14-15-16-17-18-19-20-21-22-25(5-2,6-3)23-24(26)30-31(27,28)29/h4-23H2,1-3H3,(H2,27,28,29). The van der Waals surface area contributed by atoms with Gasteiger partial charge in [-0.25, -0.2) is 4.57 Å². The van der Waals surface area contributed by atoms with Crippen molar-refractivity contribution < 1.29 is 23.7 Å². The number of carbonyl (C=O) groups is 1. The van der Waals surface area contributed by atoms with E-state index in [0.29, 0.717) is 0 Å². The Bertz CT molecular complexity index is 471. The molecule has 0 amide bonds. The minimum absolute atomic E-state index is 0.0872. The van der Waals surface area contributed by atoms with Crippen molar-refractivity contribution in [3.8, 4) is 0 Å². The van der Waals surface area contributed by atoms with Gasteiger partial charge in [0.15, 0.2) is 0 Å². The summed E-state index contributed by atoms with van der Waals surface area (Å²) in [6.45, 7) is 6.35. The monoisotopic (exact) mass is 462 g/mol. The number of phosphoric ester groups is 1. The Hall–Kier alpha value is -0.380. The summed E-state index contributed by atoms with van der Waals surface area (Å²) in [7, 11) is -4.74. The van der Waals surface area contributed by atoms with Crippen LogP contribution in [0, 0.1) is 5.41 Å². The van der Waals surface area contributed by atoms with Crippen LogP contribution >= 0.6 is 7.82 Å². The molecule has 0 heterocycles. The lowest BCUT2D eigenvalue weighted by atomic mass is 9.75. The molecule has 2 N–H and O–H groups in total. The summed E-state index contributed by atoms with van der Waals surface area (Å²) in [5, 5.41) is 0. The van der Waals surface area contributed by atoms with Crippen molar-refractivity contribution in [3.63, 3.8) is 0 Å². The average molecular weight is 463 g/mol. The largest absolute Gasteiger partial charge is 0.526 e. The molecular weight excluding hydrogens is 411 g/mol. The average Bonchev–Trinajstić information content (AvgIpc) is 2.71. The summed E-state index contributed by atoms with van der Waals surface area (Å²) in [4.78, 5) is 29.5. The molecule has 0 saturated carbocycles. The van der Waals surface area contributed by atoms with Gasteiger partial charge in [0.1, 0.15) is 0 Å². The first-order chi connectivity index (χ1) is 14.8. The summed E-state index contributed by atoms with van der Waals surface area (Å²) in [5.41, 5.74) is -0.206. The Morgan fingerprint density at radius 3 is 1.35 bits per heavy atom. The van der Waals surface area contributed by atoms with Crippen LogP contribution in [0.25, 0.3) is 0 Å². The molecule has 0 aliphatic rings. The van der Waals surface area contributed by atoms with E-state index in [1.54, 1.807) is 0 Å². The van der Waals surface area contributed by atoms with Gasteiger partial charge in [-0.2, -0.15) is 0 Å². The van der Waals surface area contributed by atoms with Gasteiger partial charge in [0, 0.05) is 0 Å². The molecule has 0 spiro atoms. The third kappa shape index (κ3) is 18.9. The maximum atomic E-state index is 11.8. The van der Waals surface area contributed by atoms with Crippen molar-refractivity contribution in [2.24, 2.45) is 5.41 Å². The second kappa shape index (κ2) is 19.1. The predicted molar refractivity (Wildman–Crippen MR) is 130 cm³/mol. The highest BCUT2D eigenvalue weighted by atomic mass is 31.2. The summed E-state index contributed by atoms with van der Waals surface area (Å²) < 4.78 is 15.1. The van der Waals surface area contributed by atoms with E-state index in [1.807, 2.05) is 13.8 Å². The van der Waals surface area contributed by atoms with Gasteiger partial charge in [-0.05, 0) is 24.7 Å². The second-order valence-electron chi connectivity index (χ2n) is 9.39. The molecule has 0 aromatic rings. The normalized spacial score (nSPS) is 12.3. The first-order valence-corrected chi connectivity index (χ1v) is 14.6. The Kier molecular flexibility index (Phi) is 18.9. The zero-order chi connectivity index (χ0) is 23.4. The predicted octanol–water partition coefficient (Wildman–Crippen LogP) is 8.47. The molecule has 6 heteroatoms. The molecular formula is C25H51O5P. The summed E-state index contributed by atoms with van der Waals surface area (Å²) in [6, 6.07) is 0. The lowest BCUT2D eigenvalue weighted by Crippen LogP contribution is -2.24. The first kappa shape index (κ1) is 30.6. The van der Waals surface area contributed by atoms with E-state index in [2.05, 4.69) is 11.4 Å². The lowest BCUT2D eigenvalue weighted by molar-refractivity contribution is -0.138. The molecule has 0 saturated heterocycles. The van der Waals surface area contributed by atoms with Crippen molar-refractivity contribution in [1.82, 2.24) is 0 Å². The topological polar surface area (TPSA) is 83.8 Å². The minimum atomic E-state index is -4.74. The third-order valence-electron chi connectivity index (χ3n) is 6.80. The van der Waals surface area contributed by atoms with Crippen LogP contribution < -0.4 is 0 Å². The Balaban J connectivity index is 3.68. The van der Waals surface area contributed by atoms with Crippen LogP contribution in [0.2, 0.25) is 0 Å². The van der Waals surface area contributed by atoms with E-state index in [9.17, 15) is 9.36 Å². The van der Waals surface area contributed by atoms with Crippen LogP contribution in [0.1, 0.15) is 149 Å². The molecule has 0 radical (unpaired) electrons. The van der Waals surface area contributed by atoms with Crippen LogP contribution in [0.15, 0.2) is 0 Å². The molecule has 0 unspecified atom stereocenters. The van der Waals surface area contributed by atoms with Gasteiger partial charge < -0.3 is 4.52 Å². The van der Waals surface area contributed by atoms with Gasteiger partial charge in [-0.3, -0.25) is 14.6 Å². The van der Waals surface area contributed by atoms with Crippen molar-refractivity contribution in [2.75, 3.05) is 0 Å². The molecule has 0 aromatic heterocycles. The maximum absolute atomic E-state index is 11.8. The van der Waals surface area contributed by atoms with E-state index in [1.165, 1.54) is 89.9 Å². The minimum Gasteiger partial charge on any atom is -0.371 e. The molecule has 186 valence electrons. The smallest absolute Gasteiger partial charge is 0.371 e. The molecule has 0 aliphatic heterocycles. The van der Waals surface area contributed by atoms with E-state index >= 15 is 0 Å². The van der Waals surface area contributed by atoms with Gasteiger partial charge in [0.2, 0.25) is 0 Å². The van der Waals surface area contributed by atoms with Gasteiger partial charge in [0.05, 0.1) is 6.42 Å². The summed E-state index contributed by atoms with van der Waals surface area (Å²) in [6.07, 6.45) is 24.0. The van der Waals surface area contributed by atoms with Crippen LogP contribution in [0.4, 0.5) is 0 Å². The number of hydrogen-bond donors (Lipinski definition) is 2. The van der Waals surface area contributed by atoms with Gasteiger partial charge >= 0.3 is 13.8 Å². The van der Waals surface area contributed by atoms with Gasteiger partial charge in [0.25, 0.3) is 0 Å². The van der Waals surface area contributed by atoms with E-state index in [-0.39, 0.29) is 11.8 Å². The molecule has 0 aliphatic carbocycles. The lowest BCUT2D eigenvalue weighted by Gasteiger charge is -2.30.